The molecule has 0 unspecified atom stereocenters. The van der Waals surface area contributed by atoms with Gasteiger partial charge in [-0.15, -0.1) is 0 Å². The molecule has 0 spiro atoms. The summed E-state index contributed by atoms with van der Waals surface area (Å²) in [5.74, 6) is 0.631. The average molecular weight is 433 g/mol. The summed E-state index contributed by atoms with van der Waals surface area (Å²) in [7, 11) is 1.34. The van der Waals surface area contributed by atoms with E-state index in [1.165, 1.54) is 18.9 Å². The molecule has 0 radical (unpaired) electrons. The van der Waals surface area contributed by atoms with E-state index >= 15 is 0 Å². The molecule has 1 amide bonds. The fourth-order valence-electron chi connectivity index (χ4n) is 3.12. The summed E-state index contributed by atoms with van der Waals surface area (Å²) < 4.78 is 10.7. The number of hydrogen-bond acceptors (Lipinski definition) is 6. The quantitative estimate of drug-likeness (QED) is 0.401. The van der Waals surface area contributed by atoms with E-state index in [2.05, 4.69) is 4.99 Å². The Balaban J connectivity index is 1.60. The van der Waals surface area contributed by atoms with Gasteiger partial charge >= 0.3 is 5.97 Å². The van der Waals surface area contributed by atoms with Crippen molar-refractivity contribution in [1.29, 1.82) is 0 Å². The number of methoxy groups -OCH3 is 1. The number of rotatable bonds is 5. The topological polar surface area (TPSA) is 72.1 Å². The smallest absolute Gasteiger partial charge is 0.337 e. The van der Waals surface area contributed by atoms with Crippen LogP contribution in [0.1, 0.15) is 23.0 Å². The van der Waals surface area contributed by atoms with Crippen LogP contribution < -0.4 is 0 Å². The Hall–Kier alpha value is -3.58. The highest BCUT2D eigenvalue weighted by molar-refractivity contribution is 8.18. The van der Waals surface area contributed by atoms with Crippen molar-refractivity contribution in [3.8, 4) is 11.3 Å². The summed E-state index contributed by atoms with van der Waals surface area (Å²) in [6, 6.07) is 20.2. The van der Waals surface area contributed by atoms with Crippen molar-refractivity contribution in [3.63, 3.8) is 0 Å². The fourth-order valence-corrected chi connectivity index (χ4v) is 4.16. The van der Waals surface area contributed by atoms with Gasteiger partial charge in [-0.1, -0.05) is 30.3 Å². The third kappa shape index (κ3) is 4.46. The SMILES string of the molecule is CCN1C(=O)/C(=C\c2ccc(-c3cccc(C(=O)OC)c3)o2)SC1=Nc1ccccc1. The maximum atomic E-state index is 12.8. The predicted molar refractivity (Wildman–Crippen MR) is 122 cm³/mol. The van der Waals surface area contributed by atoms with Gasteiger partial charge in [-0.05, 0) is 55.1 Å². The summed E-state index contributed by atoms with van der Waals surface area (Å²) >= 11 is 1.32. The zero-order valence-corrected chi connectivity index (χ0v) is 17.9. The van der Waals surface area contributed by atoms with E-state index in [1.807, 2.05) is 49.4 Å². The Morgan fingerprint density at radius 1 is 1.13 bits per heavy atom. The van der Waals surface area contributed by atoms with Gasteiger partial charge in [0.2, 0.25) is 0 Å². The van der Waals surface area contributed by atoms with Gasteiger partial charge in [0.1, 0.15) is 11.5 Å². The molecular weight excluding hydrogens is 412 g/mol. The van der Waals surface area contributed by atoms with Crippen LogP contribution in [-0.4, -0.2) is 35.6 Å². The van der Waals surface area contributed by atoms with Crippen molar-refractivity contribution in [2.45, 2.75) is 6.92 Å². The van der Waals surface area contributed by atoms with Crippen molar-refractivity contribution < 1.29 is 18.7 Å². The second kappa shape index (κ2) is 9.06. The van der Waals surface area contributed by atoms with Gasteiger partial charge in [-0.25, -0.2) is 9.79 Å². The molecule has 1 aliphatic rings. The highest BCUT2D eigenvalue weighted by Crippen LogP contribution is 2.35. The number of hydrogen-bond donors (Lipinski definition) is 0. The first-order valence-corrected chi connectivity index (χ1v) is 10.5. The molecular formula is C24H20N2O4S. The number of thioether (sulfide) groups is 1. The Bertz CT molecular complexity index is 1180. The summed E-state index contributed by atoms with van der Waals surface area (Å²) in [6.07, 6.45) is 1.72. The van der Waals surface area contributed by atoms with Gasteiger partial charge in [0.25, 0.3) is 5.91 Å². The molecule has 4 rings (SSSR count). The monoisotopic (exact) mass is 432 g/mol. The van der Waals surface area contributed by atoms with Gasteiger partial charge in [0.05, 0.1) is 23.3 Å². The summed E-state index contributed by atoms with van der Waals surface area (Å²) in [5.41, 5.74) is 1.99. The van der Waals surface area contributed by atoms with E-state index < -0.39 is 5.97 Å². The predicted octanol–water partition coefficient (Wildman–Crippen LogP) is 5.36. The maximum Gasteiger partial charge on any atom is 0.337 e. The first kappa shape index (κ1) is 20.7. The second-order valence-corrected chi connectivity index (χ2v) is 7.67. The molecule has 1 saturated heterocycles. The molecule has 2 aromatic carbocycles. The van der Waals surface area contributed by atoms with Gasteiger partial charge < -0.3 is 9.15 Å². The third-order valence-corrected chi connectivity index (χ3v) is 5.66. The highest BCUT2D eigenvalue weighted by atomic mass is 32.2. The lowest BCUT2D eigenvalue weighted by Crippen LogP contribution is -2.28. The number of para-hydroxylation sites is 1. The normalized spacial score (nSPS) is 16.3. The molecule has 3 aromatic rings. The minimum absolute atomic E-state index is 0.104. The number of aliphatic imine (C=N–C) groups is 1. The van der Waals surface area contributed by atoms with Crippen LogP contribution in [0.15, 0.2) is 81.0 Å². The summed E-state index contributed by atoms with van der Waals surface area (Å²) in [6.45, 7) is 2.44. The average Bonchev–Trinajstić information content (AvgIpc) is 3.38. The van der Waals surface area contributed by atoms with E-state index in [0.717, 1.165) is 11.3 Å². The second-order valence-electron chi connectivity index (χ2n) is 6.66. The Labute approximate surface area is 184 Å². The number of nitrogens with zero attached hydrogens (tertiary/aromatic N) is 2. The number of carbonyl (C=O) groups is 2. The number of ether oxygens (including phenoxy) is 1. The Morgan fingerprint density at radius 3 is 2.68 bits per heavy atom. The molecule has 156 valence electrons. The van der Waals surface area contributed by atoms with Crippen molar-refractivity contribution >= 4 is 40.6 Å². The lowest BCUT2D eigenvalue weighted by molar-refractivity contribution is -0.122. The molecule has 0 N–H and O–H groups in total. The number of likely N-dealkylation sites (N-methyl/N-ethyl adjacent to an activating group) is 1. The first-order chi connectivity index (χ1) is 15.1. The van der Waals surface area contributed by atoms with Crippen molar-refractivity contribution in [3.05, 3.63) is 83.0 Å². The van der Waals surface area contributed by atoms with Gasteiger partial charge in [0, 0.05) is 18.2 Å². The lowest BCUT2D eigenvalue weighted by atomic mass is 10.1. The molecule has 1 aromatic heterocycles. The van der Waals surface area contributed by atoms with Gasteiger partial charge in [-0.3, -0.25) is 9.69 Å². The maximum absolute atomic E-state index is 12.8. The standard InChI is InChI=1S/C24H20N2O4S/c1-3-26-22(27)21(31-24(26)25-18-10-5-4-6-11-18)15-19-12-13-20(30-19)16-8-7-9-17(14-16)23(28)29-2/h4-15H,3H2,1-2H3/b21-15+,25-24?. The molecule has 2 heterocycles. The van der Waals surface area contributed by atoms with Gasteiger partial charge in [0.15, 0.2) is 5.17 Å². The number of amidine groups is 1. The van der Waals surface area contributed by atoms with Crippen molar-refractivity contribution in [2.24, 2.45) is 4.99 Å². The largest absolute Gasteiger partial charge is 0.465 e. The van der Waals surface area contributed by atoms with Crippen molar-refractivity contribution in [2.75, 3.05) is 13.7 Å². The lowest BCUT2D eigenvalue weighted by Gasteiger charge is -2.11. The molecule has 0 bridgehead atoms. The van der Waals surface area contributed by atoms with Crippen LogP contribution in [0.2, 0.25) is 0 Å². The zero-order chi connectivity index (χ0) is 21.8. The van der Waals surface area contributed by atoms with Gasteiger partial charge in [-0.2, -0.15) is 0 Å². The molecule has 1 aliphatic heterocycles. The minimum atomic E-state index is -0.409. The Morgan fingerprint density at radius 2 is 1.94 bits per heavy atom. The van der Waals surface area contributed by atoms with Crippen LogP contribution >= 0.6 is 11.8 Å². The van der Waals surface area contributed by atoms with Crippen LogP contribution in [0.5, 0.6) is 0 Å². The number of esters is 1. The molecule has 31 heavy (non-hydrogen) atoms. The molecule has 6 nitrogen and oxygen atoms in total. The van der Waals surface area contributed by atoms with E-state index in [-0.39, 0.29) is 5.91 Å². The molecule has 1 fully saturated rings. The third-order valence-electron chi connectivity index (χ3n) is 4.65. The molecule has 7 heteroatoms. The fraction of sp³-hybridized carbons (Fsp3) is 0.125. The van der Waals surface area contributed by atoms with E-state index in [1.54, 1.807) is 35.2 Å². The highest BCUT2D eigenvalue weighted by Gasteiger charge is 2.32. The van der Waals surface area contributed by atoms with Crippen LogP contribution in [0.25, 0.3) is 17.4 Å². The molecule has 0 aliphatic carbocycles. The number of furan rings is 1. The van der Waals surface area contributed by atoms with Crippen molar-refractivity contribution in [1.82, 2.24) is 4.90 Å². The van der Waals surface area contributed by atoms with Crippen LogP contribution in [0.3, 0.4) is 0 Å². The summed E-state index contributed by atoms with van der Waals surface area (Å²) in [5, 5.41) is 0.641. The van der Waals surface area contributed by atoms with E-state index in [9.17, 15) is 9.59 Å². The van der Waals surface area contributed by atoms with E-state index in [4.69, 9.17) is 9.15 Å². The number of amides is 1. The number of benzene rings is 2. The summed E-state index contributed by atoms with van der Waals surface area (Å²) in [4.78, 5) is 31.4. The zero-order valence-electron chi connectivity index (χ0n) is 17.1. The molecule has 0 atom stereocenters. The Kier molecular flexibility index (Phi) is 6.04. The van der Waals surface area contributed by atoms with Crippen LogP contribution in [-0.2, 0) is 9.53 Å². The molecule has 0 saturated carbocycles. The first-order valence-electron chi connectivity index (χ1n) is 9.72. The number of carbonyl (C=O) groups excluding carboxylic acids is 2. The minimum Gasteiger partial charge on any atom is -0.465 e. The van der Waals surface area contributed by atoms with Crippen LogP contribution in [0, 0.1) is 0 Å². The van der Waals surface area contributed by atoms with Crippen LogP contribution in [0.4, 0.5) is 5.69 Å². The van der Waals surface area contributed by atoms with E-state index in [0.29, 0.717) is 33.7 Å².